The summed E-state index contributed by atoms with van der Waals surface area (Å²) >= 11 is 0. The van der Waals surface area contributed by atoms with Crippen molar-refractivity contribution >= 4 is 11.8 Å². The molecule has 0 unspecified atom stereocenters. The minimum Gasteiger partial charge on any atom is -0.388 e. The summed E-state index contributed by atoms with van der Waals surface area (Å²) in [7, 11) is 1.96. The zero-order valence-electron chi connectivity index (χ0n) is 16.9. The molecule has 0 fully saturated rings. The molecule has 0 aliphatic rings. The molecule has 0 saturated heterocycles. The van der Waals surface area contributed by atoms with Gasteiger partial charge in [0.1, 0.15) is 0 Å². The van der Waals surface area contributed by atoms with Crippen LogP contribution in [0.2, 0.25) is 0 Å². The molecule has 0 aliphatic heterocycles. The molecule has 29 heavy (non-hydrogen) atoms. The van der Waals surface area contributed by atoms with Crippen molar-refractivity contribution < 1.29 is 0 Å². The van der Waals surface area contributed by atoms with E-state index in [-0.39, 0.29) is 0 Å². The molecule has 0 aromatic heterocycles. The molecule has 1 nitrogen and oxygen atoms in total. The van der Waals surface area contributed by atoms with Crippen molar-refractivity contribution in [3.05, 3.63) is 109 Å². The van der Waals surface area contributed by atoms with E-state index in [4.69, 9.17) is 0 Å². The van der Waals surface area contributed by atoms with Crippen LogP contribution in [0.1, 0.15) is 11.1 Å². The van der Waals surface area contributed by atoms with E-state index < -0.39 is 0 Å². The number of nitrogens with one attached hydrogen (secondary N) is 1. The monoisotopic (exact) mass is 375 g/mol. The van der Waals surface area contributed by atoms with Gasteiger partial charge in [-0.15, -0.1) is 0 Å². The Kier molecular flexibility index (Phi) is 5.31. The number of benzene rings is 4. The Labute approximate surface area is 173 Å². The molecule has 0 spiro atoms. The van der Waals surface area contributed by atoms with Crippen LogP contribution >= 0.6 is 0 Å². The summed E-state index contributed by atoms with van der Waals surface area (Å²) in [6, 6.07) is 32.4. The standard InChI is InChI=1S/C28H25N/c1-4-26-27(24-16-14-22(15-17-24)21-8-6-5-7-9-21)18-25(19-28(26)29-3)23-12-10-20(2)11-13-23/h4-19,29H,1H2,2-3H3. The van der Waals surface area contributed by atoms with E-state index in [0.29, 0.717) is 0 Å². The molecule has 1 N–H and O–H groups in total. The van der Waals surface area contributed by atoms with E-state index in [1.165, 1.54) is 38.9 Å². The van der Waals surface area contributed by atoms with Crippen LogP contribution in [-0.2, 0) is 0 Å². The molecule has 142 valence electrons. The van der Waals surface area contributed by atoms with Crippen LogP contribution in [0.4, 0.5) is 5.69 Å². The summed E-state index contributed by atoms with van der Waals surface area (Å²) in [6.45, 7) is 6.18. The third kappa shape index (κ3) is 3.86. The van der Waals surface area contributed by atoms with Crippen molar-refractivity contribution in [2.24, 2.45) is 0 Å². The van der Waals surface area contributed by atoms with E-state index in [9.17, 15) is 0 Å². The zero-order valence-corrected chi connectivity index (χ0v) is 16.9. The second-order valence-electron chi connectivity index (χ2n) is 7.25. The number of rotatable bonds is 5. The Morgan fingerprint density at radius 3 is 1.83 bits per heavy atom. The molecule has 0 heterocycles. The maximum Gasteiger partial charge on any atom is 0.0423 e. The molecule has 1 heteroatoms. The van der Waals surface area contributed by atoms with Gasteiger partial charge in [-0.2, -0.15) is 0 Å². The van der Waals surface area contributed by atoms with E-state index in [0.717, 1.165) is 11.3 Å². The Morgan fingerprint density at radius 2 is 1.21 bits per heavy atom. The molecule has 0 saturated carbocycles. The average Bonchev–Trinajstić information content (AvgIpc) is 2.79. The predicted octanol–water partition coefficient (Wildman–Crippen LogP) is 7.68. The Hall–Kier alpha value is -3.58. The molecule has 0 bridgehead atoms. The smallest absolute Gasteiger partial charge is 0.0423 e. The number of hydrogen-bond acceptors (Lipinski definition) is 1. The fourth-order valence-corrected chi connectivity index (χ4v) is 3.70. The first kappa shape index (κ1) is 18.8. The van der Waals surface area contributed by atoms with Crippen LogP contribution in [0.3, 0.4) is 0 Å². The summed E-state index contributed by atoms with van der Waals surface area (Å²) in [6.07, 6.45) is 1.94. The van der Waals surface area contributed by atoms with E-state index in [1.54, 1.807) is 0 Å². The second kappa shape index (κ2) is 8.20. The van der Waals surface area contributed by atoms with Crippen molar-refractivity contribution in [2.75, 3.05) is 12.4 Å². The SMILES string of the molecule is C=Cc1c(NC)cc(-c2ccc(C)cc2)cc1-c1ccc(-c2ccccc2)cc1. The van der Waals surface area contributed by atoms with Gasteiger partial charge >= 0.3 is 0 Å². The van der Waals surface area contributed by atoms with Crippen LogP contribution in [0.5, 0.6) is 0 Å². The van der Waals surface area contributed by atoms with E-state index in [2.05, 4.69) is 104 Å². The molecule has 0 atom stereocenters. The van der Waals surface area contributed by atoms with Crippen molar-refractivity contribution in [3.63, 3.8) is 0 Å². The average molecular weight is 376 g/mol. The Morgan fingerprint density at radius 1 is 0.655 bits per heavy atom. The van der Waals surface area contributed by atoms with Gasteiger partial charge in [-0.05, 0) is 52.4 Å². The summed E-state index contributed by atoms with van der Waals surface area (Å²) in [5.41, 5.74) is 10.7. The first-order chi connectivity index (χ1) is 14.2. The first-order valence-corrected chi connectivity index (χ1v) is 9.91. The van der Waals surface area contributed by atoms with Gasteiger partial charge < -0.3 is 5.32 Å². The van der Waals surface area contributed by atoms with Crippen molar-refractivity contribution in [3.8, 4) is 33.4 Å². The normalized spacial score (nSPS) is 10.6. The predicted molar refractivity (Wildman–Crippen MR) is 127 cm³/mol. The summed E-state index contributed by atoms with van der Waals surface area (Å²) in [4.78, 5) is 0. The van der Waals surface area contributed by atoms with Crippen LogP contribution in [0, 0.1) is 6.92 Å². The topological polar surface area (TPSA) is 12.0 Å². The highest BCUT2D eigenvalue weighted by atomic mass is 14.8. The maximum atomic E-state index is 4.06. The number of anilines is 1. The highest BCUT2D eigenvalue weighted by molar-refractivity contribution is 5.88. The van der Waals surface area contributed by atoms with Crippen molar-refractivity contribution in [1.29, 1.82) is 0 Å². The van der Waals surface area contributed by atoms with Crippen LogP contribution < -0.4 is 5.32 Å². The largest absolute Gasteiger partial charge is 0.388 e. The number of hydrogen-bond donors (Lipinski definition) is 1. The fraction of sp³-hybridized carbons (Fsp3) is 0.0714. The highest BCUT2D eigenvalue weighted by Crippen LogP contribution is 2.36. The van der Waals surface area contributed by atoms with Crippen molar-refractivity contribution in [1.82, 2.24) is 0 Å². The molecule has 0 radical (unpaired) electrons. The van der Waals surface area contributed by atoms with Gasteiger partial charge in [-0.3, -0.25) is 0 Å². The van der Waals surface area contributed by atoms with E-state index >= 15 is 0 Å². The zero-order chi connectivity index (χ0) is 20.2. The molecule has 0 aliphatic carbocycles. The quantitative estimate of drug-likeness (QED) is 0.377. The van der Waals surface area contributed by atoms with E-state index in [1.807, 2.05) is 19.2 Å². The van der Waals surface area contributed by atoms with Gasteiger partial charge in [-0.1, -0.05) is 97.1 Å². The second-order valence-corrected chi connectivity index (χ2v) is 7.25. The van der Waals surface area contributed by atoms with Crippen LogP contribution in [0.15, 0.2) is 97.6 Å². The minimum atomic E-state index is 1.08. The summed E-state index contributed by atoms with van der Waals surface area (Å²) in [5.74, 6) is 0. The molecule has 0 amide bonds. The third-order valence-corrected chi connectivity index (χ3v) is 5.34. The Bertz CT molecular complexity index is 1120. The summed E-state index contributed by atoms with van der Waals surface area (Å²) in [5, 5.41) is 3.34. The van der Waals surface area contributed by atoms with Gasteiger partial charge in [0.2, 0.25) is 0 Å². The molecule has 4 rings (SSSR count). The molecule has 4 aromatic carbocycles. The number of aryl methyl sites for hydroxylation is 1. The highest BCUT2D eigenvalue weighted by Gasteiger charge is 2.11. The first-order valence-electron chi connectivity index (χ1n) is 9.91. The molecular formula is C28H25N. The van der Waals surface area contributed by atoms with Gasteiger partial charge in [0.15, 0.2) is 0 Å². The van der Waals surface area contributed by atoms with Gasteiger partial charge in [-0.25, -0.2) is 0 Å². The molecule has 4 aromatic rings. The fourth-order valence-electron chi connectivity index (χ4n) is 3.70. The lowest BCUT2D eigenvalue weighted by Crippen LogP contribution is -1.96. The molecular weight excluding hydrogens is 350 g/mol. The third-order valence-electron chi connectivity index (χ3n) is 5.34. The minimum absolute atomic E-state index is 1.08. The van der Waals surface area contributed by atoms with Crippen LogP contribution in [-0.4, -0.2) is 7.05 Å². The van der Waals surface area contributed by atoms with Gasteiger partial charge in [0, 0.05) is 18.3 Å². The summed E-state index contributed by atoms with van der Waals surface area (Å²) < 4.78 is 0. The van der Waals surface area contributed by atoms with Crippen LogP contribution in [0.25, 0.3) is 39.5 Å². The van der Waals surface area contributed by atoms with Gasteiger partial charge in [0.05, 0.1) is 0 Å². The Balaban J connectivity index is 1.82. The lowest BCUT2D eigenvalue weighted by molar-refractivity contribution is 1.45. The lowest BCUT2D eigenvalue weighted by Gasteiger charge is -2.16. The van der Waals surface area contributed by atoms with Crippen molar-refractivity contribution in [2.45, 2.75) is 6.92 Å². The van der Waals surface area contributed by atoms with Gasteiger partial charge in [0.25, 0.3) is 0 Å². The lowest BCUT2D eigenvalue weighted by atomic mass is 9.92. The maximum absolute atomic E-state index is 4.06.